The second-order valence-electron chi connectivity index (χ2n) is 6.46. The van der Waals surface area contributed by atoms with E-state index in [2.05, 4.69) is 15.7 Å². The minimum absolute atomic E-state index is 0.234. The van der Waals surface area contributed by atoms with Crippen molar-refractivity contribution in [2.24, 2.45) is 18.9 Å². The maximum absolute atomic E-state index is 12.7. The van der Waals surface area contributed by atoms with Gasteiger partial charge in [0.15, 0.2) is 0 Å². The van der Waals surface area contributed by atoms with Crippen LogP contribution in [0.15, 0.2) is 6.20 Å². The summed E-state index contributed by atoms with van der Waals surface area (Å²) in [5.74, 6) is -3.43. The highest BCUT2D eigenvalue weighted by Gasteiger charge is 2.55. The van der Waals surface area contributed by atoms with Crippen molar-refractivity contribution >= 4 is 23.5 Å². The number of fused-ring (bicyclic) bond motifs is 2. The number of aromatic nitrogens is 2. The molecule has 9 heteroatoms. The minimum atomic E-state index is -1.03. The average molecular weight is 350 g/mol. The Bertz CT molecular complexity index is 701. The number of carboxylic acid groups (broad SMARTS) is 1. The van der Waals surface area contributed by atoms with Crippen LogP contribution in [-0.2, 0) is 21.4 Å². The molecular weight excluding hydrogens is 328 g/mol. The summed E-state index contributed by atoms with van der Waals surface area (Å²) in [4.78, 5) is 36.5. The number of hydrogen-bond donors (Lipinski definition) is 3. The van der Waals surface area contributed by atoms with E-state index in [0.717, 1.165) is 6.42 Å². The topological polar surface area (TPSA) is 123 Å². The van der Waals surface area contributed by atoms with Gasteiger partial charge in [-0.05, 0) is 19.3 Å². The van der Waals surface area contributed by atoms with Crippen LogP contribution in [-0.4, -0.2) is 51.4 Å². The number of rotatable bonds is 6. The molecule has 0 radical (unpaired) electrons. The van der Waals surface area contributed by atoms with Gasteiger partial charge in [-0.3, -0.25) is 19.1 Å². The zero-order chi connectivity index (χ0) is 18.1. The van der Waals surface area contributed by atoms with Crippen molar-refractivity contribution in [3.8, 4) is 0 Å². The average Bonchev–Trinajstić information content (AvgIpc) is 3.26. The van der Waals surface area contributed by atoms with Crippen LogP contribution in [0, 0.1) is 11.8 Å². The highest BCUT2D eigenvalue weighted by atomic mass is 16.5. The number of ether oxygens (including phenoxy) is 1. The SMILES string of the molecule is CCCNC(=O)c1c(NC(=O)[C@@H]2[C@H](C(=O)O)[C@H]3CC[C@H]2O3)cnn1C. The number of anilines is 1. The fraction of sp³-hybridized carbons (Fsp3) is 0.625. The Morgan fingerprint density at radius 2 is 2.00 bits per heavy atom. The van der Waals surface area contributed by atoms with Gasteiger partial charge in [0.05, 0.1) is 35.9 Å². The highest BCUT2D eigenvalue weighted by molar-refractivity contribution is 6.03. The highest BCUT2D eigenvalue weighted by Crippen LogP contribution is 2.44. The molecule has 2 bridgehead atoms. The van der Waals surface area contributed by atoms with Crippen molar-refractivity contribution < 1.29 is 24.2 Å². The first-order valence-electron chi connectivity index (χ1n) is 8.43. The lowest BCUT2D eigenvalue weighted by Gasteiger charge is -2.23. The lowest BCUT2D eigenvalue weighted by atomic mass is 9.78. The Morgan fingerprint density at radius 3 is 2.64 bits per heavy atom. The van der Waals surface area contributed by atoms with E-state index in [4.69, 9.17) is 4.74 Å². The summed E-state index contributed by atoms with van der Waals surface area (Å²) in [5.41, 5.74) is 0.505. The summed E-state index contributed by atoms with van der Waals surface area (Å²) in [7, 11) is 1.61. The Kier molecular flexibility index (Phi) is 4.76. The van der Waals surface area contributed by atoms with Crippen molar-refractivity contribution in [2.45, 2.75) is 38.4 Å². The summed E-state index contributed by atoms with van der Waals surface area (Å²) >= 11 is 0. The molecule has 2 amide bonds. The smallest absolute Gasteiger partial charge is 0.310 e. The fourth-order valence-corrected chi connectivity index (χ4v) is 3.66. The number of carbonyl (C=O) groups is 3. The molecule has 2 aliphatic heterocycles. The molecule has 4 atom stereocenters. The Morgan fingerprint density at radius 1 is 1.32 bits per heavy atom. The van der Waals surface area contributed by atoms with Crippen molar-refractivity contribution in [2.75, 3.05) is 11.9 Å². The van der Waals surface area contributed by atoms with E-state index < -0.39 is 29.8 Å². The van der Waals surface area contributed by atoms with Gasteiger partial charge in [0.2, 0.25) is 5.91 Å². The van der Waals surface area contributed by atoms with Gasteiger partial charge in [-0.15, -0.1) is 0 Å². The fourth-order valence-electron chi connectivity index (χ4n) is 3.66. The summed E-state index contributed by atoms with van der Waals surface area (Å²) in [6.07, 6.45) is 2.70. The number of amides is 2. The lowest BCUT2D eigenvalue weighted by molar-refractivity contribution is -0.147. The van der Waals surface area contributed by atoms with Crippen LogP contribution in [0.2, 0.25) is 0 Å². The van der Waals surface area contributed by atoms with Gasteiger partial charge in [0.25, 0.3) is 5.91 Å². The number of aliphatic carboxylic acids is 1. The van der Waals surface area contributed by atoms with Gasteiger partial charge in [0.1, 0.15) is 5.69 Å². The first-order chi connectivity index (χ1) is 11.9. The van der Waals surface area contributed by atoms with E-state index in [1.54, 1.807) is 7.05 Å². The molecule has 2 saturated heterocycles. The second kappa shape index (κ2) is 6.83. The molecule has 1 aromatic heterocycles. The first-order valence-corrected chi connectivity index (χ1v) is 8.43. The normalized spacial score (nSPS) is 27.3. The van der Waals surface area contributed by atoms with Gasteiger partial charge in [-0.25, -0.2) is 0 Å². The largest absolute Gasteiger partial charge is 0.481 e. The number of carboxylic acids is 1. The van der Waals surface area contributed by atoms with Gasteiger partial charge in [0, 0.05) is 13.6 Å². The molecule has 1 aromatic rings. The van der Waals surface area contributed by atoms with Gasteiger partial charge in [-0.1, -0.05) is 6.92 Å². The third-order valence-electron chi connectivity index (χ3n) is 4.81. The standard InChI is InChI=1S/C16H22N4O5/c1-3-6-17-15(22)13-8(7-18-20(13)2)19-14(21)11-9-4-5-10(25-9)12(11)16(23)24/h7,9-12H,3-6H2,1-2H3,(H,17,22)(H,19,21)(H,23,24)/t9-,10-,11+,12-/m1/s1. The van der Waals surface area contributed by atoms with Gasteiger partial charge < -0.3 is 20.5 Å². The Balaban J connectivity index is 1.77. The Labute approximate surface area is 144 Å². The van der Waals surface area contributed by atoms with E-state index >= 15 is 0 Å². The molecule has 3 rings (SSSR count). The number of aryl methyl sites for hydroxylation is 1. The molecule has 25 heavy (non-hydrogen) atoms. The van der Waals surface area contributed by atoms with Crippen LogP contribution >= 0.6 is 0 Å². The molecule has 9 nitrogen and oxygen atoms in total. The molecular formula is C16H22N4O5. The number of carbonyl (C=O) groups excluding carboxylic acids is 2. The summed E-state index contributed by atoms with van der Waals surface area (Å²) in [6.45, 7) is 2.45. The van der Waals surface area contributed by atoms with Crippen LogP contribution in [0.3, 0.4) is 0 Å². The molecule has 2 aliphatic rings. The third kappa shape index (κ3) is 3.11. The van der Waals surface area contributed by atoms with Crippen LogP contribution in [0.5, 0.6) is 0 Å². The molecule has 0 aromatic carbocycles. The minimum Gasteiger partial charge on any atom is -0.481 e. The molecule has 0 unspecified atom stereocenters. The molecule has 0 aliphatic carbocycles. The molecule has 0 spiro atoms. The summed E-state index contributed by atoms with van der Waals surface area (Å²) in [6, 6.07) is 0. The Hall–Kier alpha value is -2.42. The van der Waals surface area contributed by atoms with E-state index in [1.807, 2.05) is 6.92 Å². The van der Waals surface area contributed by atoms with Crippen molar-refractivity contribution in [3.63, 3.8) is 0 Å². The number of hydrogen-bond acceptors (Lipinski definition) is 5. The molecule has 3 heterocycles. The van der Waals surface area contributed by atoms with Crippen molar-refractivity contribution in [3.05, 3.63) is 11.9 Å². The van der Waals surface area contributed by atoms with Crippen LogP contribution in [0.25, 0.3) is 0 Å². The third-order valence-corrected chi connectivity index (χ3v) is 4.81. The quantitative estimate of drug-likeness (QED) is 0.681. The van der Waals surface area contributed by atoms with Crippen LogP contribution in [0.1, 0.15) is 36.7 Å². The van der Waals surface area contributed by atoms with Crippen LogP contribution < -0.4 is 10.6 Å². The van der Waals surface area contributed by atoms with Gasteiger partial charge in [-0.2, -0.15) is 5.10 Å². The molecule has 0 saturated carbocycles. The summed E-state index contributed by atoms with van der Waals surface area (Å²) < 4.78 is 6.99. The maximum atomic E-state index is 12.7. The number of nitrogens with zero attached hydrogens (tertiary/aromatic N) is 2. The second-order valence-corrected chi connectivity index (χ2v) is 6.46. The molecule has 3 N–H and O–H groups in total. The first kappa shape index (κ1) is 17.4. The predicted molar refractivity (Wildman–Crippen MR) is 87.0 cm³/mol. The van der Waals surface area contributed by atoms with Crippen molar-refractivity contribution in [1.82, 2.24) is 15.1 Å². The van der Waals surface area contributed by atoms with Crippen LogP contribution in [0.4, 0.5) is 5.69 Å². The van der Waals surface area contributed by atoms with E-state index in [0.29, 0.717) is 19.4 Å². The molecule has 136 valence electrons. The van der Waals surface area contributed by atoms with E-state index in [9.17, 15) is 19.5 Å². The van der Waals surface area contributed by atoms with Gasteiger partial charge >= 0.3 is 5.97 Å². The zero-order valence-corrected chi connectivity index (χ0v) is 14.2. The zero-order valence-electron chi connectivity index (χ0n) is 14.2. The monoisotopic (exact) mass is 350 g/mol. The van der Waals surface area contributed by atoms with E-state index in [-0.39, 0.29) is 23.4 Å². The number of nitrogens with one attached hydrogen (secondary N) is 2. The summed E-state index contributed by atoms with van der Waals surface area (Å²) in [5, 5.41) is 18.9. The predicted octanol–water partition coefficient (Wildman–Crippen LogP) is 0.377. The maximum Gasteiger partial charge on any atom is 0.310 e. The lowest BCUT2D eigenvalue weighted by Crippen LogP contribution is -2.41. The van der Waals surface area contributed by atoms with Crippen molar-refractivity contribution in [1.29, 1.82) is 0 Å². The van der Waals surface area contributed by atoms with E-state index in [1.165, 1.54) is 10.9 Å². The molecule has 2 fully saturated rings.